The first kappa shape index (κ1) is 16.0. The van der Waals surface area contributed by atoms with Gasteiger partial charge in [0.15, 0.2) is 0 Å². The number of halogens is 3. The molecule has 0 aliphatic carbocycles. The van der Waals surface area contributed by atoms with Crippen LogP contribution in [0.25, 0.3) is 0 Å². The molecule has 0 saturated carbocycles. The number of hydrogen-bond acceptors (Lipinski definition) is 2. The minimum Gasteiger partial charge on any atom is -0.372 e. The van der Waals surface area contributed by atoms with Crippen LogP contribution in [0.3, 0.4) is 0 Å². The second-order valence-corrected chi connectivity index (χ2v) is 4.64. The molecule has 1 rings (SSSR count). The molecule has 0 saturated heterocycles. The summed E-state index contributed by atoms with van der Waals surface area (Å²) in [7, 11) is 1.80. The Bertz CT molecular complexity index is 404. The molecule has 0 spiro atoms. The van der Waals surface area contributed by atoms with Crippen LogP contribution in [0.2, 0.25) is 0 Å². The molecular weight excluding hydrogens is 255 g/mol. The standard InChI is InChI=1S/C14H20F3NO/c1-10-4-5-12(8-11(10)2)13(18-3)6-7-19-9-14(15,16)17/h4-5,8,13,18H,6-7,9H2,1-3H3. The largest absolute Gasteiger partial charge is 0.411 e. The molecule has 19 heavy (non-hydrogen) atoms. The number of benzene rings is 1. The smallest absolute Gasteiger partial charge is 0.372 e. The van der Waals surface area contributed by atoms with Crippen molar-refractivity contribution in [3.05, 3.63) is 34.9 Å². The lowest BCUT2D eigenvalue weighted by Gasteiger charge is -2.18. The topological polar surface area (TPSA) is 21.3 Å². The van der Waals surface area contributed by atoms with Crippen molar-refractivity contribution in [1.82, 2.24) is 5.32 Å². The Morgan fingerprint density at radius 1 is 1.21 bits per heavy atom. The van der Waals surface area contributed by atoms with E-state index in [1.807, 2.05) is 26.0 Å². The lowest BCUT2D eigenvalue weighted by atomic mass is 9.99. The Morgan fingerprint density at radius 3 is 2.42 bits per heavy atom. The third kappa shape index (κ3) is 5.61. The molecule has 2 nitrogen and oxygen atoms in total. The van der Waals surface area contributed by atoms with Gasteiger partial charge in [-0.15, -0.1) is 0 Å². The predicted molar refractivity (Wildman–Crippen MR) is 69.2 cm³/mol. The van der Waals surface area contributed by atoms with Gasteiger partial charge in [0.25, 0.3) is 0 Å². The zero-order valence-electron chi connectivity index (χ0n) is 11.5. The molecule has 0 aromatic heterocycles. The summed E-state index contributed by atoms with van der Waals surface area (Å²) in [6.45, 7) is 2.94. The third-order valence-corrected chi connectivity index (χ3v) is 3.10. The highest BCUT2D eigenvalue weighted by molar-refractivity contribution is 5.31. The predicted octanol–water partition coefficient (Wildman–Crippen LogP) is 3.53. The van der Waals surface area contributed by atoms with Crippen LogP contribution in [0.4, 0.5) is 13.2 Å². The molecule has 0 bridgehead atoms. The van der Waals surface area contributed by atoms with Crippen molar-refractivity contribution in [1.29, 1.82) is 0 Å². The second-order valence-electron chi connectivity index (χ2n) is 4.64. The molecule has 0 fully saturated rings. The van der Waals surface area contributed by atoms with Crippen molar-refractivity contribution in [3.63, 3.8) is 0 Å². The van der Waals surface area contributed by atoms with Crippen LogP contribution in [0.5, 0.6) is 0 Å². The molecule has 0 heterocycles. The molecule has 108 valence electrons. The molecule has 0 radical (unpaired) electrons. The Hall–Kier alpha value is -1.07. The third-order valence-electron chi connectivity index (χ3n) is 3.10. The SMILES string of the molecule is CNC(CCOCC(F)(F)F)c1ccc(C)c(C)c1. The zero-order chi connectivity index (χ0) is 14.5. The number of alkyl halides is 3. The van der Waals surface area contributed by atoms with Crippen molar-refractivity contribution in [3.8, 4) is 0 Å². The maximum absolute atomic E-state index is 11.9. The van der Waals surface area contributed by atoms with Crippen molar-refractivity contribution >= 4 is 0 Å². The Labute approximate surface area is 112 Å². The molecule has 1 atom stereocenters. The summed E-state index contributed by atoms with van der Waals surface area (Å²) in [5.74, 6) is 0. The fourth-order valence-electron chi connectivity index (χ4n) is 1.85. The van der Waals surface area contributed by atoms with Gasteiger partial charge in [0.2, 0.25) is 0 Å². The van der Waals surface area contributed by atoms with Crippen LogP contribution in [-0.2, 0) is 4.74 Å². The van der Waals surface area contributed by atoms with E-state index in [0.717, 1.165) is 5.56 Å². The van der Waals surface area contributed by atoms with E-state index in [0.29, 0.717) is 6.42 Å². The minimum atomic E-state index is -4.25. The van der Waals surface area contributed by atoms with E-state index in [1.54, 1.807) is 7.05 Å². The van der Waals surface area contributed by atoms with Gasteiger partial charge in [-0.2, -0.15) is 13.2 Å². The van der Waals surface area contributed by atoms with Gasteiger partial charge in [-0.25, -0.2) is 0 Å². The van der Waals surface area contributed by atoms with Crippen LogP contribution in [0.1, 0.15) is 29.2 Å². The van der Waals surface area contributed by atoms with Crippen molar-refractivity contribution in [2.45, 2.75) is 32.5 Å². The number of aryl methyl sites for hydroxylation is 2. The number of rotatable bonds is 6. The maximum atomic E-state index is 11.9. The maximum Gasteiger partial charge on any atom is 0.411 e. The summed E-state index contributed by atoms with van der Waals surface area (Å²) in [5, 5.41) is 3.10. The normalized spacial score (nSPS) is 13.6. The summed E-state index contributed by atoms with van der Waals surface area (Å²) in [5.41, 5.74) is 3.45. The highest BCUT2D eigenvalue weighted by atomic mass is 19.4. The lowest BCUT2D eigenvalue weighted by molar-refractivity contribution is -0.174. The number of nitrogens with one attached hydrogen (secondary N) is 1. The first-order chi connectivity index (χ1) is 8.83. The van der Waals surface area contributed by atoms with E-state index in [1.165, 1.54) is 11.1 Å². The molecule has 1 aromatic rings. The first-order valence-corrected chi connectivity index (χ1v) is 6.22. The summed E-state index contributed by atoms with van der Waals surface area (Å²) in [4.78, 5) is 0. The fourth-order valence-corrected chi connectivity index (χ4v) is 1.85. The van der Waals surface area contributed by atoms with Crippen LogP contribution < -0.4 is 5.32 Å². The van der Waals surface area contributed by atoms with Gasteiger partial charge in [-0.3, -0.25) is 0 Å². The van der Waals surface area contributed by atoms with E-state index in [-0.39, 0.29) is 12.6 Å². The molecule has 5 heteroatoms. The number of ether oxygens (including phenoxy) is 1. The first-order valence-electron chi connectivity index (χ1n) is 6.22. The van der Waals surface area contributed by atoms with E-state index in [2.05, 4.69) is 16.1 Å². The molecular formula is C14H20F3NO. The Balaban J connectivity index is 2.51. The average Bonchev–Trinajstić information content (AvgIpc) is 2.32. The number of hydrogen-bond donors (Lipinski definition) is 1. The van der Waals surface area contributed by atoms with E-state index < -0.39 is 12.8 Å². The minimum absolute atomic E-state index is 0.00698. The van der Waals surface area contributed by atoms with E-state index in [4.69, 9.17) is 0 Å². The highest BCUT2D eigenvalue weighted by Crippen LogP contribution is 2.20. The van der Waals surface area contributed by atoms with Gasteiger partial charge in [0.1, 0.15) is 6.61 Å². The van der Waals surface area contributed by atoms with Crippen molar-refractivity contribution in [2.24, 2.45) is 0 Å². The van der Waals surface area contributed by atoms with Crippen LogP contribution >= 0.6 is 0 Å². The monoisotopic (exact) mass is 275 g/mol. The van der Waals surface area contributed by atoms with Gasteiger partial charge in [-0.05, 0) is 44.0 Å². The molecule has 1 N–H and O–H groups in total. The van der Waals surface area contributed by atoms with Gasteiger partial charge < -0.3 is 10.1 Å². The van der Waals surface area contributed by atoms with Crippen LogP contribution in [0.15, 0.2) is 18.2 Å². The summed E-state index contributed by atoms with van der Waals surface area (Å²) >= 11 is 0. The highest BCUT2D eigenvalue weighted by Gasteiger charge is 2.27. The Kier molecular flexibility index (Phi) is 5.82. The van der Waals surface area contributed by atoms with Crippen LogP contribution in [-0.4, -0.2) is 26.4 Å². The summed E-state index contributed by atoms with van der Waals surface area (Å²) < 4.78 is 40.5. The Morgan fingerprint density at radius 2 is 1.89 bits per heavy atom. The van der Waals surface area contributed by atoms with Gasteiger partial charge in [0.05, 0.1) is 0 Å². The average molecular weight is 275 g/mol. The summed E-state index contributed by atoms with van der Waals surface area (Å²) in [6, 6.07) is 6.08. The van der Waals surface area contributed by atoms with Crippen LogP contribution in [0, 0.1) is 13.8 Å². The quantitative estimate of drug-likeness (QED) is 0.802. The van der Waals surface area contributed by atoms with Crippen molar-refractivity contribution < 1.29 is 17.9 Å². The van der Waals surface area contributed by atoms with Crippen molar-refractivity contribution in [2.75, 3.05) is 20.3 Å². The van der Waals surface area contributed by atoms with E-state index in [9.17, 15) is 13.2 Å². The fraction of sp³-hybridized carbons (Fsp3) is 0.571. The molecule has 0 amide bonds. The lowest BCUT2D eigenvalue weighted by Crippen LogP contribution is -2.21. The molecule has 0 aliphatic rings. The zero-order valence-corrected chi connectivity index (χ0v) is 11.5. The van der Waals surface area contributed by atoms with E-state index >= 15 is 0 Å². The van der Waals surface area contributed by atoms with Gasteiger partial charge in [0, 0.05) is 12.6 Å². The molecule has 1 aromatic carbocycles. The summed E-state index contributed by atoms with van der Waals surface area (Å²) in [6.07, 6.45) is -3.75. The second kappa shape index (κ2) is 6.91. The van der Waals surface area contributed by atoms with Gasteiger partial charge in [-0.1, -0.05) is 18.2 Å². The molecule has 1 unspecified atom stereocenters. The molecule has 0 aliphatic heterocycles. The van der Waals surface area contributed by atoms with Gasteiger partial charge >= 0.3 is 6.18 Å².